The minimum absolute atomic E-state index is 0.0341. The smallest absolute Gasteiger partial charge is 0.268 e. The van der Waals surface area contributed by atoms with Gasteiger partial charge in [0.2, 0.25) is 5.13 Å². The average Bonchev–Trinajstić information content (AvgIpc) is 3.48. The molecule has 0 aliphatic carbocycles. The van der Waals surface area contributed by atoms with E-state index in [2.05, 4.69) is 15.5 Å². The summed E-state index contributed by atoms with van der Waals surface area (Å²) in [6.45, 7) is 4.53. The number of amides is 1. The van der Waals surface area contributed by atoms with Crippen LogP contribution in [0.4, 0.5) is 5.13 Å². The molecular weight excluding hydrogens is 434 g/mol. The van der Waals surface area contributed by atoms with Gasteiger partial charge in [0.15, 0.2) is 0 Å². The van der Waals surface area contributed by atoms with Crippen LogP contribution in [0, 0.1) is 18.3 Å². The summed E-state index contributed by atoms with van der Waals surface area (Å²) in [6.07, 6.45) is 3.42. The van der Waals surface area contributed by atoms with E-state index in [1.165, 1.54) is 11.3 Å². The van der Waals surface area contributed by atoms with Crippen molar-refractivity contribution in [2.75, 3.05) is 11.9 Å². The molecule has 2 aromatic heterocycles. The molecule has 0 spiro atoms. The number of nitriles is 1. The standard InChI is InChI=1S/C25H21N5O2S/c1-3-32-22-11-9-20(10-12-22)30-13-5-8-21(30)15-19(16-26)23(31)27-25-29-28-24(33-25)18-7-4-6-17(2)14-18/h4-15H,3H2,1-2H3,(H,27,29,31). The number of anilines is 1. The summed E-state index contributed by atoms with van der Waals surface area (Å²) >= 11 is 1.26. The molecule has 4 aromatic rings. The fraction of sp³-hybridized carbons (Fsp3) is 0.120. The number of rotatable bonds is 7. The van der Waals surface area contributed by atoms with Crippen LogP contribution < -0.4 is 10.1 Å². The van der Waals surface area contributed by atoms with Gasteiger partial charge in [-0.25, -0.2) is 0 Å². The maximum absolute atomic E-state index is 12.7. The maximum atomic E-state index is 12.7. The largest absolute Gasteiger partial charge is 0.494 e. The number of aryl methyl sites for hydroxylation is 1. The van der Waals surface area contributed by atoms with Crippen LogP contribution in [0.15, 0.2) is 72.4 Å². The number of carbonyl (C=O) groups excluding carboxylic acids is 1. The lowest BCUT2D eigenvalue weighted by molar-refractivity contribution is -0.112. The molecule has 164 valence electrons. The molecule has 0 radical (unpaired) electrons. The molecule has 1 amide bonds. The van der Waals surface area contributed by atoms with E-state index in [1.807, 2.05) is 91.3 Å². The van der Waals surface area contributed by atoms with Gasteiger partial charge in [-0.05, 0) is 62.4 Å². The highest BCUT2D eigenvalue weighted by atomic mass is 32.1. The summed E-state index contributed by atoms with van der Waals surface area (Å²) < 4.78 is 7.38. The fourth-order valence-corrected chi connectivity index (χ4v) is 3.98. The second kappa shape index (κ2) is 9.94. The Labute approximate surface area is 195 Å². The molecule has 0 unspecified atom stereocenters. The molecule has 2 aromatic carbocycles. The van der Waals surface area contributed by atoms with Crippen molar-refractivity contribution < 1.29 is 9.53 Å². The Kier molecular flexibility index (Phi) is 6.62. The van der Waals surface area contributed by atoms with E-state index in [9.17, 15) is 10.1 Å². The van der Waals surface area contributed by atoms with Crippen molar-refractivity contribution in [1.29, 1.82) is 5.26 Å². The zero-order chi connectivity index (χ0) is 23.2. The van der Waals surface area contributed by atoms with Crippen LogP contribution in [-0.2, 0) is 4.79 Å². The van der Waals surface area contributed by atoms with Crippen molar-refractivity contribution in [3.05, 3.63) is 83.7 Å². The minimum atomic E-state index is -0.538. The molecule has 2 heterocycles. The van der Waals surface area contributed by atoms with Crippen LogP contribution in [0.3, 0.4) is 0 Å². The number of hydrogen-bond acceptors (Lipinski definition) is 6. The van der Waals surface area contributed by atoms with Crippen LogP contribution in [0.2, 0.25) is 0 Å². The number of carbonyl (C=O) groups is 1. The topological polar surface area (TPSA) is 92.8 Å². The average molecular weight is 456 g/mol. The van der Waals surface area contributed by atoms with Gasteiger partial charge < -0.3 is 9.30 Å². The van der Waals surface area contributed by atoms with Crippen molar-refractivity contribution in [1.82, 2.24) is 14.8 Å². The van der Waals surface area contributed by atoms with Crippen LogP contribution >= 0.6 is 11.3 Å². The van der Waals surface area contributed by atoms with Gasteiger partial charge in [-0.1, -0.05) is 35.1 Å². The molecule has 4 rings (SSSR count). The van der Waals surface area contributed by atoms with Crippen LogP contribution in [0.25, 0.3) is 22.3 Å². The molecular formula is C25H21N5O2S. The predicted octanol–water partition coefficient (Wildman–Crippen LogP) is 5.25. The number of nitrogens with one attached hydrogen (secondary N) is 1. The molecule has 0 saturated carbocycles. The second-order valence-corrected chi connectivity index (χ2v) is 8.11. The molecule has 0 saturated heterocycles. The summed E-state index contributed by atoms with van der Waals surface area (Å²) in [4.78, 5) is 12.7. The van der Waals surface area contributed by atoms with Crippen LogP contribution in [0.1, 0.15) is 18.2 Å². The van der Waals surface area contributed by atoms with Crippen molar-refractivity contribution in [3.63, 3.8) is 0 Å². The summed E-state index contributed by atoms with van der Waals surface area (Å²) in [7, 11) is 0. The molecule has 0 aliphatic rings. The van der Waals surface area contributed by atoms with E-state index in [4.69, 9.17) is 4.74 Å². The third-order valence-electron chi connectivity index (χ3n) is 4.77. The van der Waals surface area contributed by atoms with Gasteiger partial charge in [-0.3, -0.25) is 10.1 Å². The number of ether oxygens (including phenoxy) is 1. The van der Waals surface area contributed by atoms with Crippen molar-refractivity contribution in [3.8, 4) is 28.1 Å². The van der Waals surface area contributed by atoms with Gasteiger partial charge in [0.1, 0.15) is 22.4 Å². The molecule has 0 atom stereocenters. The molecule has 0 fully saturated rings. The number of aromatic nitrogens is 3. The monoisotopic (exact) mass is 455 g/mol. The van der Waals surface area contributed by atoms with Gasteiger partial charge in [0.25, 0.3) is 5.91 Å². The van der Waals surface area contributed by atoms with E-state index in [-0.39, 0.29) is 5.57 Å². The molecule has 1 N–H and O–H groups in total. The zero-order valence-electron chi connectivity index (χ0n) is 18.1. The predicted molar refractivity (Wildman–Crippen MR) is 129 cm³/mol. The Morgan fingerprint density at radius 2 is 2.00 bits per heavy atom. The maximum Gasteiger partial charge on any atom is 0.268 e. The van der Waals surface area contributed by atoms with Crippen LogP contribution in [0.5, 0.6) is 5.75 Å². The lowest BCUT2D eigenvalue weighted by Crippen LogP contribution is -2.13. The normalized spacial score (nSPS) is 11.1. The van der Waals surface area contributed by atoms with E-state index in [1.54, 1.807) is 6.08 Å². The first-order valence-electron chi connectivity index (χ1n) is 10.3. The first-order chi connectivity index (χ1) is 16.1. The van der Waals surface area contributed by atoms with Crippen molar-refractivity contribution in [2.24, 2.45) is 0 Å². The Morgan fingerprint density at radius 3 is 2.73 bits per heavy atom. The van der Waals surface area contributed by atoms with E-state index < -0.39 is 5.91 Å². The number of benzene rings is 2. The van der Waals surface area contributed by atoms with Gasteiger partial charge in [0, 0.05) is 23.1 Å². The summed E-state index contributed by atoms with van der Waals surface area (Å²) in [5.74, 6) is 0.244. The van der Waals surface area contributed by atoms with Gasteiger partial charge >= 0.3 is 0 Å². The van der Waals surface area contributed by atoms with Gasteiger partial charge in [-0.2, -0.15) is 5.26 Å². The quantitative estimate of drug-likeness (QED) is 0.304. The highest BCUT2D eigenvalue weighted by Crippen LogP contribution is 2.27. The Balaban J connectivity index is 1.53. The second-order valence-electron chi connectivity index (χ2n) is 7.14. The highest BCUT2D eigenvalue weighted by Gasteiger charge is 2.15. The van der Waals surface area contributed by atoms with E-state index >= 15 is 0 Å². The molecule has 7 nitrogen and oxygen atoms in total. The van der Waals surface area contributed by atoms with Crippen molar-refractivity contribution in [2.45, 2.75) is 13.8 Å². The summed E-state index contributed by atoms with van der Waals surface area (Å²) in [5.41, 5.74) is 3.59. The molecule has 0 aliphatic heterocycles. The SMILES string of the molecule is CCOc1ccc(-n2cccc2C=C(C#N)C(=O)Nc2nnc(-c3cccc(C)c3)s2)cc1. The molecule has 0 bridgehead atoms. The third-order valence-corrected chi connectivity index (χ3v) is 5.66. The Hall–Kier alpha value is -4.22. The number of hydrogen-bond donors (Lipinski definition) is 1. The number of nitrogens with zero attached hydrogens (tertiary/aromatic N) is 4. The minimum Gasteiger partial charge on any atom is -0.494 e. The Bertz CT molecular complexity index is 1350. The first kappa shape index (κ1) is 22.0. The van der Waals surface area contributed by atoms with E-state index in [0.717, 1.165) is 22.6 Å². The van der Waals surface area contributed by atoms with Gasteiger partial charge in [-0.15, -0.1) is 10.2 Å². The molecule has 33 heavy (non-hydrogen) atoms. The molecule has 8 heteroatoms. The van der Waals surface area contributed by atoms with Crippen LogP contribution in [-0.4, -0.2) is 27.3 Å². The highest BCUT2D eigenvalue weighted by molar-refractivity contribution is 7.18. The lowest BCUT2D eigenvalue weighted by Gasteiger charge is -2.09. The summed E-state index contributed by atoms with van der Waals surface area (Å²) in [6, 6.07) is 21.2. The third kappa shape index (κ3) is 5.17. The van der Waals surface area contributed by atoms with E-state index in [0.29, 0.717) is 22.4 Å². The van der Waals surface area contributed by atoms with Gasteiger partial charge in [0.05, 0.1) is 6.61 Å². The Morgan fingerprint density at radius 1 is 1.18 bits per heavy atom. The van der Waals surface area contributed by atoms with Crippen molar-refractivity contribution >= 4 is 28.5 Å². The zero-order valence-corrected chi connectivity index (χ0v) is 19.0. The fourth-order valence-electron chi connectivity index (χ4n) is 3.25. The lowest BCUT2D eigenvalue weighted by atomic mass is 10.1. The first-order valence-corrected chi connectivity index (χ1v) is 11.1. The summed E-state index contributed by atoms with van der Waals surface area (Å²) in [5, 5.41) is 21.5.